The zero-order valence-electron chi connectivity index (χ0n) is 10.6. The minimum absolute atomic E-state index is 0.123. The third kappa shape index (κ3) is 2.94. The number of nitrogens with zero attached hydrogens (tertiary/aromatic N) is 2. The molecule has 96 valence electrons. The molecule has 0 fully saturated rings. The zero-order chi connectivity index (χ0) is 13.2. The van der Waals surface area contributed by atoms with E-state index < -0.39 is 5.97 Å². The van der Waals surface area contributed by atoms with E-state index in [-0.39, 0.29) is 16.9 Å². The smallest absolute Gasteiger partial charge is 0.342 e. The van der Waals surface area contributed by atoms with Gasteiger partial charge in [0.2, 0.25) is 0 Å². The first kappa shape index (κ1) is 13.9. The van der Waals surface area contributed by atoms with Gasteiger partial charge < -0.3 is 10.8 Å². The molecule has 5 nitrogen and oxygen atoms in total. The number of hydrogen-bond donors (Lipinski definition) is 2. The van der Waals surface area contributed by atoms with Crippen LogP contribution in [0.5, 0.6) is 0 Å². The van der Waals surface area contributed by atoms with Gasteiger partial charge in [-0.05, 0) is 32.9 Å². The molecule has 1 aromatic heterocycles. The Morgan fingerprint density at radius 2 is 2.12 bits per heavy atom. The second-order valence-corrected chi connectivity index (χ2v) is 5.89. The van der Waals surface area contributed by atoms with Crippen molar-refractivity contribution in [2.75, 3.05) is 11.5 Å². The Hall–Kier alpha value is -1.17. The van der Waals surface area contributed by atoms with E-state index >= 15 is 0 Å². The molecule has 0 bridgehead atoms. The number of aromatic carboxylic acids is 1. The highest BCUT2D eigenvalue weighted by Crippen LogP contribution is 2.30. The lowest BCUT2D eigenvalue weighted by atomic mass is 10.1. The van der Waals surface area contributed by atoms with Crippen LogP contribution in [0.15, 0.2) is 5.03 Å². The largest absolute Gasteiger partial charge is 0.477 e. The van der Waals surface area contributed by atoms with Crippen molar-refractivity contribution in [2.45, 2.75) is 44.7 Å². The number of nitrogens with two attached hydrogens (primary N) is 1. The summed E-state index contributed by atoms with van der Waals surface area (Å²) in [6, 6.07) is 0. The van der Waals surface area contributed by atoms with Crippen LogP contribution >= 0.6 is 11.8 Å². The van der Waals surface area contributed by atoms with Crippen LogP contribution in [0.1, 0.15) is 44.5 Å². The normalized spacial score (nSPS) is 11.8. The monoisotopic (exact) mass is 257 g/mol. The number of carboxylic acids is 1. The van der Waals surface area contributed by atoms with E-state index in [4.69, 9.17) is 5.73 Å². The summed E-state index contributed by atoms with van der Waals surface area (Å²) < 4.78 is 1.58. The summed E-state index contributed by atoms with van der Waals surface area (Å²) in [6.07, 6.45) is 0.964. The molecule has 6 heteroatoms. The number of anilines is 1. The molecule has 1 rings (SSSR count). The Morgan fingerprint density at radius 3 is 2.53 bits per heavy atom. The molecular formula is C11H19N3O2S. The van der Waals surface area contributed by atoms with Gasteiger partial charge in [-0.25, -0.2) is 9.48 Å². The highest BCUT2D eigenvalue weighted by Gasteiger charge is 2.26. The average molecular weight is 257 g/mol. The maximum absolute atomic E-state index is 11.2. The van der Waals surface area contributed by atoms with Gasteiger partial charge in [0, 0.05) is 0 Å². The quantitative estimate of drug-likeness (QED) is 0.810. The minimum atomic E-state index is -1.02. The Kier molecular flexibility index (Phi) is 4.08. The van der Waals surface area contributed by atoms with Gasteiger partial charge in [-0.2, -0.15) is 5.10 Å². The Balaban J connectivity index is 3.25. The number of rotatable bonds is 4. The number of nitrogen functional groups attached to an aromatic ring is 1. The molecule has 3 N–H and O–H groups in total. The number of thioether (sulfide) groups is 1. The highest BCUT2D eigenvalue weighted by atomic mass is 32.2. The van der Waals surface area contributed by atoms with Gasteiger partial charge in [-0.15, -0.1) is 11.8 Å². The van der Waals surface area contributed by atoms with Crippen molar-refractivity contribution in [3.05, 3.63) is 5.56 Å². The van der Waals surface area contributed by atoms with Gasteiger partial charge in [0.15, 0.2) is 0 Å². The summed E-state index contributed by atoms with van der Waals surface area (Å²) >= 11 is 1.43. The summed E-state index contributed by atoms with van der Waals surface area (Å²) in [4.78, 5) is 11.2. The van der Waals surface area contributed by atoms with Gasteiger partial charge in [0.05, 0.1) is 5.54 Å². The van der Waals surface area contributed by atoms with E-state index in [1.807, 2.05) is 27.7 Å². The van der Waals surface area contributed by atoms with E-state index in [2.05, 4.69) is 5.10 Å². The van der Waals surface area contributed by atoms with Crippen LogP contribution in [0.3, 0.4) is 0 Å². The van der Waals surface area contributed by atoms with Gasteiger partial charge in [0.25, 0.3) is 0 Å². The van der Waals surface area contributed by atoms with Gasteiger partial charge in [-0.3, -0.25) is 0 Å². The van der Waals surface area contributed by atoms with Crippen LogP contribution in [-0.2, 0) is 5.54 Å². The first-order valence-corrected chi connectivity index (χ1v) is 6.52. The third-order valence-electron chi connectivity index (χ3n) is 2.18. The third-order valence-corrected chi connectivity index (χ3v) is 3.35. The van der Waals surface area contributed by atoms with Gasteiger partial charge >= 0.3 is 5.97 Å². The predicted octanol–water partition coefficient (Wildman–Crippen LogP) is 2.42. The molecule has 0 aromatic carbocycles. The van der Waals surface area contributed by atoms with Crippen molar-refractivity contribution in [3.63, 3.8) is 0 Å². The van der Waals surface area contributed by atoms with Gasteiger partial charge in [-0.1, -0.05) is 6.92 Å². The fourth-order valence-electron chi connectivity index (χ4n) is 1.42. The zero-order valence-corrected chi connectivity index (χ0v) is 11.5. The maximum Gasteiger partial charge on any atom is 0.342 e. The Bertz CT molecular complexity index is 421. The number of carboxylic acid groups (broad SMARTS) is 1. The molecule has 0 atom stereocenters. The van der Waals surface area contributed by atoms with Crippen LogP contribution in [0.2, 0.25) is 0 Å². The van der Waals surface area contributed by atoms with Crippen LogP contribution in [0, 0.1) is 0 Å². The average Bonchev–Trinajstić information content (AvgIpc) is 2.51. The molecule has 0 saturated heterocycles. The fraction of sp³-hybridized carbons (Fsp3) is 0.636. The molecule has 1 heterocycles. The SMILES string of the molecule is CCCSc1nn(C(C)(C)C)c(N)c1C(=O)O. The summed E-state index contributed by atoms with van der Waals surface area (Å²) in [5, 5.41) is 14.0. The Labute approximate surface area is 105 Å². The first-order chi connectivity index (χ1) is 7.79. The van der Waals surface area contributed by atoms with E-state index in [1.165, 1.54) is 11.8 Å². The Morgan fingerprint density at radius 1 is 1.53 bits per heavy atom. The fourth-order valence-corrected chi connectivity index (χ4v) is 2.30. The van der Waals surface area contributed by atoms with Crippen LogP contribution < -0.4 is 5.73 Å². The van der Waals surface area contributed by atoms with E-state index in [1.54, 1.807) is 4.68 Å². The summed E-state index contributed by atoms with van der Waals surface area (Å²) in [5.41, 5.74) is 5.67. The summed E-state index contributed by atoms with van der Waals surface area (Å²) in [7, 11) is 0. The van der Waals surface area contributed by atoms with Crippen LogP contribution in [-0.4, -0.2) is 26.6 Å². The number of aromatic nitrogens is 2. The predicted molar refractivity (Wildman–Crippen MR) is 69.6 cm³/mol. The molecular weight excluding hydrogens is 238 g/mol. The van der Waals surface area contributed by atoms with Crippen LogP contribution in [0.25, 0.3) is 0 Å². The lowest BCUT2D eigenvalue weighted by Crippen LogP contribution is -2.25. The molecule has 0 aliphatic heterocycles. The topological polar surface area (TPSA) is 81.1 Å². The lowest BCUT2D eigenvalue weighted by Gasteiger charge is -2.20. The molecule has 17 heavy (non-hydrogen) atoms. The molecule has 1 aromatic rings. The van der Waals surface area contributed by atoms with Crippen molar-refractivity contribution in [3.8, 4) is 0 Å². The van der Waals surface area contributed by atoms with Crippen molar-refractivity contribution in [1.82, 2.24) is 9.78 Å². The van der Waals surface area contributed by atoms with Crippen LogP contribution in [0.4, 0.5) is 5.82 Å². The highest BCUT2D eigenvalue weighted by molar-refractivity contribution is 7.99. The lowest BCUT2D eigenvalue weighted by molar-refractivity contribution is 0.0694. The van der Waals surface area contributed by atoms with Crippen molar-refractivity contribution >= 4 is 23.5 Å². The van der Waals surface area contributed by atoms with Gasteiger partial charge in [0.1, 0.15) is 16.4 Å². The molecule has 0 radical (unpaired) electrons. The maximum atomic E-state index is 11.2. The van der Waals surface area contributed by atoms with Crippen molar-refractivity contribution < 1.29 is 9.90 Å². The molecule has 0 amide bonds. The molecule has 0 aliphatic rings. The molecule has 0 unspecified atom stereocenters. The standard InChI is InChI=1S/C11H19N3O2S/c1-5-6-17-9-7(10(15)16)8(12)14(13-9)11(2,3)4/h5-6,12H2,1-4H3,(H,15,16). The van der Waals surface area contributed by atoms with E-state index in [0.29, 0.717) is 5.03 Å². The first-order valence-electron chi connectivity index (χ1n) is 5.54. The summed E-state index contributed by atoms with van der Waals surface area (Å²) in [6.45, 7) is 7.86. The van der Waals surface area contributed by atoms with E-state index in [9.17, 15) is 9.90 Å². The second kappa shape index (κ2) is 5.00. The van der Waals surface area contributed by atoms with Crippen molar-refractivity contribution in [2.24, 2.45) is 0 Å². The minimum Gasteiger partial charge on any atom is -0.477 e. The molecule has 0 spiro atoms. The number of carbonyl (C=O) groups is 1. The molecule has 0 saturated carbocycles. The number of hydrogen-bond acceptors (Lipinski definition) is 4. The molecule has 0 aliphatic carbocycles. The summed E-state index contributed by atoms with van der Waals surface area (Å²) in [5.74, 6) is 0.0427. The van der Waals surface area contributed by atoms with E-state index in [0.717, 1.165) is 12.2 Å². The van der Waals surface area contributed by atoms with Crippen molar-refractivity contribution in [1.29, 1.82) is 0 Å². The second-order valence-electron chi connectivity index (χ2n) is 4.80.